The summed E-state index contributed by atoms with van der Waals surface area (Å²) in [6.07, 6.45) is 6.61. The number of carbonyl (C=O) groups excluding carboxylic acids is 4. The molecule has 5 aliphatic rings. The number of hydrogen-bond acceptors (Lipinski definition) is 9. The maximum absolute atomic E-state index is 14.2. The van der Waals surface area contributed by atoms with Crippen molar-refractivity contribution in [3.8, 4) is 16.9 Å². The van der Waals surface area contributed by atoms with E-state index in [2.05, 4.69) is 27.1 Å². The van der Waals surface area contributed by atoms with Gasteiger partial charge in [-0.25, -0.2) is 8.42 Å². The number of allylic oxidation sites excluding steroid dienone is 1. The number of fused-ring (bicyclic) bond motifs is 6. The van der Waals surface area contributed by atoms with E-state index in [0.717, 1.165) is 22.3 Å². The van der Waals surface area contributed by atoms with Crippen LogP contribution in [0.4, 0.5) is 0 Å². The van der Waals surface area contributed by atoms with E-state index >= 15 is 0 Å². The van der Waals surface area contributed by atoms with Gasteiger partial charge in [-0.3, -0.25) is 23.9 Å². The van der Waals surface area contributed by atoms with Gasteiger partial charge in [-0.2, -0.15) is 0 Å². The molecule has 3 saturated carbocycles. The van der Waals surface area contributed by atoms with Crippen molar-refractivity contribution in [1.82, 2.24) is 15.4 Å². The molecule has 0 spiro atoms. The first-order valence-corrected chi connectivity index (χ1v) is 19.6. The Labute approximate surface area is 303 Å². The molecule has 4 bridgehead atoms. The normalized spacial score (nSPS) is 28.5. The number of oxime groups is 1. The number of amides is 3. The van der Waals surface area contributed by atoms with Gasteiger partial charge in [-0.05, 0) is 73.8 Å². The number of benzene rings is 2. The van der Waals surface area contributed by atoms with E-state index in [4.69, 9.17) is 9.57 Å². The third-order valence-corrected chi connectivity index (χ3v) is 12.7. The lowest BCUT2D eigenvalue weighted by Gasteiger charge is -2.26. The Bertz CT molecular complexity index is 1990. The van der Waals surface area contributed by atoms with Crippen LogP contribution in [0.1, 0.15) is 69.9 Å². The van der Waals surface area contributed by atoms with Crippen LogP contribution in [0, 0.1) is 23.7 Å². The van der Waals surface area contributed by atoms with Gasteiger partial charge in [0.1, 0.15) is 29.7 Å². The van der Waals surface area contributed by atoms with E-state index in [1.807, 2.05) is 68.5 Å². The molecule has 1 heterocycles. The molecule has 3 N–H and O–H groups in total. The molecule has 0 radical (unpaired) electrons. The summed E-state index contributed by atoms with van der Waals surface area (Å²) in [5.74, 6) is -3.93. The van der Waals surface area contributed by atoms with Gasteiger partial charge in [0.25, 0.3) is 5.91 Å². The molecule has 0 aromatic heterocycles. The molecule has 0 saturated heterocycles. The van der Waals surface area contributed by atoms with Crippen LogP contribution in [0.15, 0.2) is 72.4 Å². The van der Waals surface area contributed by atoms with Crippen molar-refractivity contribution in [1.29, 1.82) is 0 Å². The molecular weight excluding hydrogens is 685 g/mol. The Hall–Kier alpha value is -4.78. The molecule has 7 rings (SSSR count). The third kappa shape index (κ3) is 6.90. The first kappa shape index (κ1) is 35.6. The highest BCUT2D eigenvalue weighted by atomic mass is 32.2. The molecular formula is C39H44N4O8S. The zero-order chi connectivity index (χ0) is 36.8. The summed E-state index contributed by atoms with van der Waals surface area (Å²) in [6, 6.07) is 12.9. The number of nitrogens with one attached hydrogen (secondary N) is 3. The lowest BCUT2D eigenvalue weighted by Crippen LogP contribution is -2.55. The molecule has 3 amide bonds. The number of rotatable bonds is 7. The van der Waals surface area contributed by atoms with Gasteiger partial charge >= 0.3 is 0 Å². The quantitative estimate of drug-likeness (QED) is 0.308. The summed E-state index contributed by atoms with van der Waals surface area (Å²) in [5.41, 5.74) is 2.76. The number of sulfonamides is 1. The van der Waals surface area contributed by atoms with Gasteiger partial charge in [0.15, 0.2) is 5.78 Å². The second-order valence-electron chi connectivity index (χ2n) is 14.8. The molecule has 52 heavy (non-hydrogen) atoms. The van der Waals surface area contributed by atoms with Crippen LogP contribution >= 0.6 is 0 Å². The van der Waals surface area contributed by atoms with Gasteiger partial charge < -0.3 is 20.2 Å². The monoisotopic (exact) mass is 728 g/mol. The molecule has 3 fully saturated rings. The largest absolute Gasteiger partial charge is 0.490 e. The Kier molecular flexibility index (Phi) is 9.58. The average Bonchev–Trinajstić information content (AvgIpc) is 4.03. The highest BCUT2D eigenvalue weighted by Gasteiger charge is 2.62. The van der Waals surface area contributed by atoms with E-state index < -0.39 is 68.4 Å². The van der Waals surface area contributed by atoms with Crippen molar-refractivity contribution in [2.75, 3.05) is 6.61 Å². The summed E-state index contributed by atoms with van der Waals surface area (Å²) >= 11 is 0. The van der Waals surface area contributed by atoms with Crippen LogP contribution in [-0.4, -0.2) is 67.2 Å². The second-order valence-corrected chi connectivity index (χ2v) is 16.8. The van der Waals surface area contributed by atoms with Gasteiger partial charge in [0.2, 0.25) is 21.8 Å². The molecule has 2 aromatic rings. The molecule has 12 nitrogen and oxygen atoms in total. The average molecular weight is 729 g/mol. The topological polar surface area (TPSA) is 169 Å². The highest BCUT2D eigenvalue weighted by molar-refractivity contribution is 7.91. The van der Waals surface area contributed by atoms with Crippen LogP contribution in [0.3, 0.4) is 0 Å². The summed E-state index contributed by atoms with van der Waals surface area (Å²) in [6.45, 7) is 7.79. The number of ketones is 1. The van der Waals surface area contributed by atoms with Crippen LogP contribution in [0.5, 0.6) is 5.75 Å². The predicted molar refractivity (Wildman–Crippen MR) is 194 cm³/mol. The molecule has 6 atom stereocenters. The molecule has 13 heteroatoms. The van der Waals surface area contributed by atoms with E-state index in [1.165, 1.54) is 6.08 Å². The fraction of sp³-hybridized carbons (Fsp3) is 0.462. The van der Waals surface area contributed by atoms with Crippen molar-refractivity contribution in [3.63, 3.8) is 0 Å². The zero-order valence-electron chi connectivity index (χ0n) is 29.3. The summed E-state index contributed by atoms with van der Waals surface area (Å²) in [4.78, 5) is 61.2. The van der Waals surface area contributed by atoms with Crippen molar-refractivity contribution < 1.29 is 37.2 Å². The van der Waals surface area contributed by atoms with Gasteiger partial charge in [0.05, 0.1) is 23.1 Å². The molecule has 274 valence electrons. The first-order valence-electron chi connectivity index (χ1n) is 18.0. The van der Waals surface area contributed by atoms with E-state index in [9.17, 15) is 27.6 Å². The fourth-order valence-corrected chi connectivity index (χ4v) is 8.98. The van der Waals surface area contributed by atoms with E-state index in [0.29, 0.717) is 37.3 Å². The minimum atomic E-state index is -3.87. The summed E-state index contributed by atoms with van der Waals surface area (Å²) in [7, 11) is -3.87. The summed E-state index contributed by atoms with van der Waals surface area (Å²) < 4.78 is 33.5. The Morgan fingerprint density at radius 3 is 2.50 bits per heavy atom. The van der Waals surface area contributed by atoms with Crippen molar-refractivity contribution in [3.05, 3.63) is 78.4 Å². The molecule has 2 aromatic carbocycles. The smallest absolute Gasteiger partial charge is 0.259 e. The van der Waals surface area contributed by atoms with E-state index in [-0.39, 0.29) is 37.4 Å². The number of nitrogens with zero attached hydrogens (tertiary/aromatic N) is 1. The fourth-order valence-electron chi connectivity index (χ4n) is 7.61. The number of carbonyl (C=O) groups is 4. The highest BCUT2D eigenvalue weighted by Crippen LogP contribution is 2.46. The number of Topliss-reactive ketones (excluding diaryl/α,β-unsaturated/α-hetero) is 1. The molecule has 4 aliphatic carbocycles. The van der Waals surface area contributed by atoms with Crippen molar-refractivity contribution in [2.24, 2.45) is 28.8 Å². The Balaban J connectivity index is 1.20. The Morgan fingerprint density at radius 2 is 1.79 bits per heavy atom. The van der Waals surface area contributed by atoms with Crippen LogP contribution in [-0.2, 0) is 34.0 Å². The maximum atomic E-state index is 14.2. The van der Waals surface area contributed by atoms with E-state index in [1.54, 1.807) is 0 Å². The van der Waals surface area contributed by atoms with Crippen LogP contribution in [0.25, 0.3) is 11.1 Å². The van der Waals surface area contributed by atoms with Gasteiger partial charge in [-0.1, -0.05) is 61.5 Å². The lowest BCUT2D eigenvalue weighted by molar-refractivity contribution is -0.137. The molecule has 0 unspecified atom stereocenters. The minimum absolute atomic E-state index is 0.0975. The molecule has 1 aliphatic heterocycles. The van der Waals surface area contributed by atoms with Gasteiger partial charge in [-0.15, -0.1) is 6.58 Å². The Morgan fingerprint density at radius 1 is 1.04 bits per heavy atom. The lowest BCUT2D eigenvalue weighted by atomic mass is 9.91. The van der Waals surface area contributed by atoms with Crippen molar-refractivity contribution in [2.45, 2.75) is 81.7 Å². The minimum Gasteiger partial charge on any atom is -0.490 e. The maximum Gasteiger partial charge on any atom is 0.259 e. The summed E-state index contributed by atoms with van der Waals surface area (Å²) in [5, 5.41) is 9.75. The van der Waals surface area contributed by atoms with Crippen LogP contribution < -0.4 is 20.1 Å². The number of hydrogen-bond donors (Lipinski definition) is 3. The first-order chi connectivity index (χ1) is 24.9. The van der Waals surface area contributed by atoms with Gasteiger partial charge in [0, 0.05) is 23.5 Å². The standard InChI is InChI=1S/C39H44N4O8S/c1-4-23-21-39(23,38(47)43-52(48,49)26-14-15-26)41-37(46)32-20-25-19-31(32)36(45)40-34(22(2)3)33(44)12-6-5-9-17-50-24-13-16-28-27-10-7-8-11-29(27)35(42-51-25)30(28)18-24/h4-5,7-11,13,16,18,22-23,25-26,31-32,34H,1,6,12,14-15,17,19-21H2,2-3H3,(H,40,45)(H,41,46)(H,43,47)/t23-,25+,31-,32-,34-,39-/m1/s1. The zero-order valence-corrected chi connectivity index (χ0v) is 30.1. The third-order valence-electron chi connectivity index (χ3n) is 10.8. The second kappa shape index (κ2) is 14.0. The van der Waals surface area contributed by atoms with Crippen molar-refractivity contribution >= 4 is 39.2 Å². The van der Waals surface area contributed by atoms with Crippen LogP contribution in [0.2, 0.25) is 0 Å². The predicted octanol–water partition coefficient (Wildman–Crippen LogP) is 3.94. The number of ether oxygens (including phenoxy) is 1. The SMILES string of the molecule is C=C[C@@H]1C[C@]1(NC(=O)[C@@H]1C[C@@H]2C[C@H]1C(=O)N[C@H](C(C)C)C(=O)CCC=CCOc1ccc3c(c1)C(=NO2)c1ccccc1-3)C(=O)NS(=O)(=O)C1CC1.